The minimum atomic E-state index is 0.206. The average molecular weight is 313 g/mol. The number of nitrogens with two attached hydrogens (primary N) is 1. The predicted octanol–water partition coefficient (Wildman–Crippen LogP) is 1.80. The van der Waals surface area contributed by atoms with Gasteiger partial charge in [-0.1, -0.05) is 0 Å². The molecule has 5 nitrogen and oxygen atoms in total. The molecule has 0 radical (unpaired) electrons. The van der Waals surface area contributed by atoms with E-state index in [0.717, 1.165) is 5.69 Å². The maximum absolute atomic E-state index is 5.43. The number of nitrogens with one attached hydrogen (secondary N) is 1. The summed E-state index contributed by atoms with van der Waals surface area (Å²) in [6.07, 6.45) is 1.37. The molecule has 2 rings (SSSR count). The Kier molecular flexibility index (Phi) is 2.95. The molecule has 0 spiro atoms. The first-order valence-electron chi connectivity index (χ1n) is 4.21. The van der Waals surface area contributed by atoms with Crippen LogP contribution in [0.2, 0.25) is 0 Å². The van der Waals surface area contributed by atoms with Crippen LogP contribution >= 0.6 is 22.6 Å². The SMILES string of the molecule is Nc1ncnc(Nc2ccc(I)cc2)n1. The first kappa shape index (κ1) is 10.1. The summed E-state index contributed by atoms with van der Waals surface area (Å²) in [5, 5.41) is 3.03. The smallest absolute Gasteiger partial charge is 0.231 e. The van der Waals surface area contributed by atoms with E-state index in [9.17, 15) is 0 Å². The van der Waals surface area contributed by atoms with Gasteiger partial charge in [0.05, 0.1) is 0 Å². The molecule has 0 saturated carbocycles. The van der Waals surface area contributed by atoms with Crippen molar-refractivity contribution in [2.75, 3.05) is 11.1 Å². The topological polar surface area (TPSA) is 76.7 Å². The number of benzene rings is 1. The highest BCUT2D eigenvalue weighted by Gasteiger charge is 1.98. The van der Waals surface area contributed by atoms with Crippen molar-refractivity contribution in [3.63, 3.8) is 0 Å². The fourth-order valence-corrected chi connectivity index (χ4v) is 1.39. The molecule has 0 atom stereocenters. The number of hydrogen-bond donors (Lipinski definition) is 2. The maximum atomic E-state index is 5.43. The van der Waals surface area contributed by atoms with E-state index < -0.39 is 0 Å². The van der Waals surface area contributed by atoms with Crippen molar-refractivity contribution < 1.29 is 0 Å². The average Bonchev–Trinajstić information content (AvgIpc) is 2.22. The fraction of sp³-hybridized carbons (Fsp3) is 0. The second kappa shape index (κ2) is 4.39. The van der Waals surface area contributed by atoms with Gasteiger partial charge in [0.15, 0.2) is 0 Å². The van der Waals surface area contributed by atoms with Crippen LogP contribution in [0.1, 0.15) is 0 Å². The first-order chi connectivity index (χ1) is 7.24. The minimum Gasteiger partial charge on any atom is -0.368 e. The summed E-state index contributed by atoms with van der Waals surface area (Å²) in [7, 11) is 0. The quantitative estimate of drug-likeness (QED) is 0.827. The lowest BCUT2D eigenvalue weighted by Gasteiger charge is -2.03. The molecule has 0 saturated heterocycles. The second-order valence-corrected chi connectivity index (χ2v) is 4.04. The molecule has 0 aliphatic carbocycles. The Labute approximate surface area is 100 Å². The van der Waals surface area contributed by atoms with Crippen molar-refractivity contribution in [2.45, 2.75) is 0 Å². The van der Waals surface area contributed by atoms with Crippen molar-refractivity contribution in [1.82, 2.24) is 15.0 Å². The largest absolute Gasteiger partial charge is 0.368 e. The highest BCUT2D eigenvalue weighted by molar-refractivity contribution is 14.1. The number of aromatic nitrogens is 3. The summed E-state index contributed by atoms with van der Waals surface area (Å²) in [5.41, 5.74) is 6.35. The lowest BCUT2D eigenvalue weighted by atomic mass is 10.3. The van der Waals surface area contributed by atoms with Crippen LogP contribution in [-0.2, 0) is 0 Å². The van der Waals surface area contributed by atoms with Gasteiger partial charge in [-0.25, -0.2) is 9.97 Å². The van der Waals surface area contributed by atoms with Crippen molar-refractivity contribution in [2.24, 2.45) is 0 Å². The number of halogens is 1. The van der Waals surface area contributed by atoms with Gasteiger partial charge in [0, 0.05) is 9.26 Å². The van der Waals surface area contributed by atoms with Crippen LogP contribution < -0.4 is 11.1 Å². The van der Waals surface area contributed by atoms with Gasteiger partial charge >= 0.3 is 0 Å². The predicted molar refractivity (Wildman–Crippen MR) is 66.7 cm³/mol. The third-order valence-electron chi connectivity index (χ3n) is 1.69. The molecule has 15 heavy (non-hydrogen) atoms. The molecule has 1 aromatic heterocycles. The standard InChI is InChI=1S/C9H8IN5/c10-6-1-3-7(4-2-6)14-9-13-5-12-8(11)15-9/h1-5H,(H3,11,12,13,14,15). The molecule has 76 valence electrons. The van der Waals surface area contributed by atoms with E-state index in [0.29, 0.717) is 5.95 Å². The zero-order chi connectivity index (χ0) is 10.7. The van der Waals surface area contributed by atoms with Crippen LogP contribution in [0.4, 0.5) is 17.6 Å². The van der Waals surface area contributed by atoms with E-state index in [1.165, 1.54) is 9.90 Å². The molecule has 0 aliphatic rings. The number of anilines is 3. The van der Waals surface area contributed by atoms with Gasteiger partial charge in [0.2, 0.25) is 11.9 Å². The summed E-state index contributed by atoms with van der Waals surface area (Å²) in [4.78, 5) is 11.6. The van der Waals surface area contributed by atoms with Crippen LogP contribution in [0.15, 0.2) is 30.6 Å². The first-order valence-corrected chi connectivity index (χ1v) is 5.29. The van der Waals surface area contributed by atoms with Crippen LogP contribution in [0.3, 0.4) is 0 Å². The second-order valence-electron chi connectivity index (χ2n) is 2.80. The Balaban J connectivity index is 2.18. The van der Waals surface area contributed by atoms with Gasteiger partial charge in [0.1, 0.15) is 6.33 Å². The lowest BCUT2D eigenvalue weighted by Crippen LogP contribution is -2.01. The van der Waals surface area contributed by atoms with Crippen molar-refractivity contribution in [3.05, 3.63) is 34.2 Å². The molecular weight excluding hydrogens is 305 g/mol. The number of rotatable bonds is 2. The van der Waals surface area contributed by atoms with E-state index in [2.05, 4.69) is 42.9 Å². The maximum Gasteiger partial charge on any atom is 0.231 e. The monoisotopic (exact) mass is 313 g/mol. The van der Waals surface area contributed by atoms with E-state index in [1.807, 2.05) is 24.3 Å². The Morgan fingerprint density at radius 1 is 1.13 bits per heavy atom. The zero-order valence-electron chi connectivity index (χ0n) is 7.68. The molecule has 0 bridgehead atoms. The minimum absolute atomic E-state index is 0.206. The van der Waals surface area contributed by atoms with E-state index in [1.54, 1.807) is 0 Å². The molecule has 2 aromatic rings. The lowest BCUT2D eigenvalue weighted by molar-refractivity contribution is 1.07. The van der Waals surface area contributed by atoms with Crippen molar-refractivity contribution in [1.29, 1.82) is 0 Å². The molecule has 3 N–H and O–H groups in total. The number of hydrogen-bond acceptors (Lipinski definition) is 5. The van der Waals surface area contributed by atoms with Gasteiger partial charge < -0.3 is 11.1 Å². The van der Waals surface area contributed by atoms with Gasteiger partial charge in [-0.15, -0.1) is 0 Å². The third-order valence-corrected chi connectivity index (χ3v) is 2.41. The highest BCUT2D eigenvalue weighted by atomic mass is 127. The van der Waals surface area contributed by atoms with Gasteiger partial charge in [-0.05, 0) is 46.9 Å². The molecule has 0 unspecified atom stereocenters. The van der Waals surface area contributed by atoms with E-state index in [4.69, 9.17) is 5.73 Å². The summed E-state index contributed by atoms with van der Waals surface area (Å²) in [6, 6.07) is 7.88. The van der Waals surface area contributed by atoms with E-state index in [-0.39, 0.29) is 5.95 Å². The summed E-state index contributed by atoms with van der Waals surface area (Å²) >= 11 is 2.24. The summed E-state index contributed by atoms with van der Waals surface area (Å²) < 4.78 is 1.17. The van der Waals surface area contributed by atoms with E-state index >= 15 is 0 Å². The Morgan fingerprint density at radius 2 is 1.87 bits per heavy atom. The molecule has 1 aromatic carbocycles. The third kappa shape index (κ3) is 2.75. The van der Waals surface area contributed by atoms with Crippen LogP contribution in [0, 0.1) is 3.57 Å². The Morgan fingerprint density at radius 3 is 2.53 bits per heavy atom. The normalized spacial score (nSPS) is 9.93. The van der Waals surface area contributed by atoms with Crippen LogP contribution in [0.25, 0.3) is 0 Å². The zero-order valence-corrected chi connectivity index (χ0v) is 9.84. The molecule has 0 amide bonds. The molecular formula is C9H8IN5. The number of nitrogens with zero attached hydrogens (tertiary/aromatic N) is 3. The van der Waals surface area contributed by atoms with Gasteiger partial charge in [-0.3, -0.25) is 0 Å². The molecule has 6 heteroatoms. The fourth-order valence-electron chi connectivity index (χ4n) is 1.03. The molecule has 0 aliphatic heterocycles. The van der Waals surface area contributed by atoms with Crippen LogP contribution in [-0.4, -0.2) is 15.0 Å². The summed E-state index contributed by atoms with van der Waals surface area (Å²) in [6.45, 7) is 0. The Bertz CT molecular complexity index is 456. The van der Waals surface area contributed by atoms with Crippen LogP contribution in [0.5, 0.6) is 0 Å². The molecule has 0 fully saturated rings. The molecule has 1 heterocycles. The highest BCUT2D eigenvalue weighted by Crippen LogP contribution is 2.14. The summed E-state index contributed by atoms with van der Waals surface area (Å²) in [5.74, 6) is 0.654. The van der Waals surface area contributed by atoms with Crippen molar-refractivity contribution in [3.8, 4) is 0 Å². The van der Waals surface area contributed by atoms with Gasteiger partial charge in [-0.2, -0.15) is 4.98 Å². The Hall–Kier alpha value is -1.44. The van der Waals surface area contributed by atoms with Gasteiger partial charge in [0.25, 0.3) is 0 Å². The van der Waals surface area contributed by atoms with Crippen molar-refractivity contribution >= 4 is 40.2 Å². The number of nitrogen functional groups attached to an aromatic ring is 1.